The van der Waals surface area contributed by atoms with Gasteiger partial charge in [-0.3, -0.25) is 4.79 Å². The topological polar surface area (TPSA) is 87.5 Å². The standard InChI is InChI=1S/C23H26N4O4/c1-15-4-7-17(8-5-15)21-13-27-18(14-31-21)22(25-26-27)23(28)24-11-10-16-6-9-19(29-2)20(12-16)30-3/h4-9,12,21H,10-11,13-14H2,1-3H3,(H,24,28)/t21-/m0/s1. The molecule has 0 bridgehead atoms. The van der Waals surface area contributed by atoms with Crippen LogP contribution in [0.25, 0.3) is 0 Å². The van der Waals surface area contributed by atoms with E-state index in [0.717, 1.165) is 11.1 Å². The lowest BCUT2D eigenvalue weighted by Gasteiger charge is -2.24. The first-order valence-electron chi connectivity index (χ1n) is 10.2. The Kier molecular flexibility index (Phi) is 6.18. The maximum absolute atomic E-state index is 12.7. The van der Waals surface area contributed by atoms with Gasteiger partial charge >= 0.3 is 0 Å². The van der Waals surface area contributed by atoms with Crippen molar-refractivity contribution in [2.45, 2.75) is 32.6 Å². The van der Waals surface area contributed by atoms with Crippen molar-refractivity contribution in [3.63, 3.8) is 0 Å². The Morgan fingerprint density at radius 1 is 1.16 bits per heavy atom. The van der Waals surface area contributed by atoms with Gasteiger partial charge in [-0.05, 0) is 36.6 Å². The molecule has 162 valence electrons. The molecule has 3 aromatic rings. The molecule has 2 aromatic carbocycles. The molecule has 4 rings (SSSR count). The van der Waals surface area contributed by atoms with Crippen LogP contribution in [-0.2, 0) is 24.3 Å². The molecule has 0 radical (unpaired) electrons. The van der Waals surface area contributed by atoms with Crippen LogP contribution >= 0.6 is 0 Å². The van der Waals surface area contributed by atoms with E-state index in [0.29, 0.717) is 49.0 Å². The molecular weight excluding hydrogens is 396 g/mol. The van der Waals surface area contributed by atoms with Crippen molar-refractivity contribution in [1.29, 1.82) is 0 Å². The third-order valence-electron chi connectivity index (χ3n) is 5.41. The van der Waals surface area contributed by atoms with Crippen LogP contribution in [0.5, 0.6) is 11.5 Å². The Morgan fingerprint density at radius 2 is 1.94 bits per heavy atom. The number of hydrogen-bond donors (Lipinski definition) is 1. The number of aromatic nitrogens is 3. The molecule has 8 heteroatoms. The van der Waals surface area contributed by atoms with Crippen molar-refractivity contribution in [3.05, 3.63) is 70.5 Å². The van der Waals surface area contributed by atoms with E-state index in [-0.39, 0.29) is 12.0 Å². The van der Waals surface area contributed by atoms with Gasteiger partial charge < -0.3 is 19.5 Å². The number of hydrogen-bond acceptors (Lipinski definition) is 6. The number of rotatable bonds is 7. The van der Waals surface area contributed by atoms with E-state index in [1.54, 1.807) is 18.9 Å². The Labute approximate surface area is 181 Å². The highest BCUT2D eigenvalue weighted by molar-refractivity contribution is 5.93. The number of amides is 1. The summed E-state index contributed by atoms with van der Waals surface area (Å²) >= 11 is 0. The zero-order valence-corrected chi connectivity index (χ0v) is 17.9. The lowest BCUT2D eigenvalue weighted by Crippen LogP contribution is -2.29. The largest absolute Gasteiger partial charge is 0.493 e. The second-order valence-corrected chi connectivity index (χ2v) is 7.47. The molecule has 1 N–H and O–H groups in total. The second-order valence-electron chi connectivity index (χ2n) is 7.47. The first-order valence-corrected chi connectivity index (χ1v) is 10.2. The van der Waals surface area contributed by atoms with Crippen LogP contribution in [0, 0.1) is 6.92 Å². The molecule has 1 aliphatic rings. The van der Waals surface area contributed by atoms with E-state index in [1.807, 2.05) is 18.2 Å². The van der Waals surface area contributed by atoms with Gasteiger partial charge in [0.2, 0.25) is 0 Å². The number of fused-ring (bicyclic) bond motifs is 1. The van der Waals surface area contributed by atoms with Gasteiger partial charge in [-0.25, -0.2) is 4.68 Å². The maximum Gasteiger partial charge on any atom is 0.273 e. The minimum atomic E-state index is -0.251. The molecular formula is C23H26N4O4. The number of aryl methyl sites for hydroxylation is 1. The predicted octanol–water partition coefficient (Wildman–Crippen LogP) is 2.85. The van der Waals surface area contributed by atoms with Crippen molar-refractivity contribution < 1.29 is 19.0 Å². The SMILES string of the molecule is COc1ccc(CCNC(=O)c2nnn3c2CO[C@H](c2ccc(C)cc2)C3)cc1OC. The number of carbonyl (C=O) groups is 1. The fourth-order valence-corrected chi connectivity index (χ4v) is 3.61. The highest BCUT2D eigenvalue weighted by atomic mass is 16.5. The van der Waals surface area contributed by atoms with Gasteiger partial charge in [0.15, 0.2) is 17.2 Å². The zero-order chi connectivity index (χ0) is 21.8. The normalized spacial score (nSPS) is 15.3. The molecule has 8 nitrogen and oxygen atoms in total. The van der Waals surface area contributed by atoms with Crippen molar-refractivity contribution in [2.24, 2.45) is 0 Å². The fraction of sp³-hybridized carbons (Fsp3) is 0.348. The minimum absolute atomic E-state index is 0.101. The summed E-state index contributed by atoms with van der Waals surface area (Å²) in [5, 5.41) is 11.2. The lowest BCUT2D eigenvalue weighted by molar-refractivity contribution is -0.00177. The van der Waals surface area contributed by atoms with Crippen LogP contribution in [0.1, 0.15) is 39.0 Å². The Hall–Kier alpha value is -3.39. The van der Waals surface area contributed by atoms with Crippen molar-refractivity contribution >= 4 is 5.91 Å². The van der Waals surface area contributed by atoms with E-state index in [9.17, 15) is 4.79 Å². The monoisotopic (exact) mass is 422 g/mol. The van der Waals surface area contributed by atoms with E-state index in [4.69, 9.17) is 14.2 Å². The summed E-state index contributed by atoms with van der Waals surface area (Å²) in [6.45, 7) is 3.35. The summed E-state index contributed by atoms with van der Waals surface area (Å²) in [6.07, 6.45) is 0.553. The number of carbonyl (C=O) groups excluding carboxylic acids is 1. The number of benzene rings is 2. The molecule has 0 saturated carbocycles. The van der Waals surface area contributed by atoms with E-state index >= 15 is 0 Å². The molecule has 0 spiro atoms. The van der Waals surface area contributed by atoms with Gasteiger partial charge in [0.1, 0.15) is 6.10 Å². The molecule has 0 aliphatic carbocycles. The molecule has 1 aliphatic heterocycles. The molecule has 0 unspecified atom stereocenters. The summed E-state index contributed by atoms with van der Waals surface area (Å²) in [7, 11) is 3.20. The van der Waals surface area contributed by atoms with Crippen molar-refractivity contribution in [2.75, 3.05) is 20.8 Å². The van der Waals surface area contributed by atoms with Crippen LogP contribution in [-0.4, -0.2) is 41.7 Å². The van der Waals surface area contributed by atoms with Gasteiger partial charge in [-0.2, -0.15) is 0 Å². The molecule has 0 saturated heterocycles. The van der Waals surface area contributed by atoms with Crippen molar-refractivity contribution in [3.8, 4) is 11.5 Å². The number of methoxy groups -OCH3 is 2. The van der Waals surface area contributed by atoms with Gasteiger partial charge in [0.25, 0.3) is 5.91 Å². The molecule has 31 heavy (non-hydrogen) atoms. The third-order valence-corrected chi connectivity index (χ3v) is 5.41. The zero-order valence-electron chi connectivity index (χ0n) is 17.9. The van der Waals surface area contributed by atoms with Crippen LogP contribution in [0.15, 0.2) is 42.5 Å². The van der Waals surface area contributed by atoms with E-state index in [2.05, 4.69) is 46.8 Å². The fourth-order valence-electron chi connectivity index (χ4n) is 3.61. The number of nitrogens with one attached hydrogen (secondary N) is 1. The average molecular weight is 422 g/mol. The second kappa shape index (κ2) is 9.18. The first kappa shape index (κ1) is 20.9. The van der Waals surface area contributed by atoms with Crippen LogP contribution in [0.3, 0.4) is 0 Å². The third kappa shape index (κ3) is 4.54. The van der Waals surface area contributed by atoms with E-state index < -0.39 is 0 Å². The molecule has 2 heterocycles. The molecule has 1 aromatic heterocycles. The summed E-state index contributed by atoms with van der Waals surface area (Å²) in [4.78, 5) is 12.7. The Balaban J connectivity index is 1.36. The summed E-state index contributed by atoms with van der Waals surface area (Å²) in [6, 6.07) is 14.0. The molecule has 1 amide bonds. The molecule has 1 atom stereocenters. The number of nitrogens with zero attached hydrogens (tertiary/aromatic N) is 3. The quantitative estimate of drug-likeness (QED) is 0.630. The van der Waals surface area contributed by atoms with Gasteiger partial charge in [0.05, 0.1) is 33.1 Å². The smallest absolute Gasteiger partial charge is 0.273 e. The minimum Gasteiger partial charge on any atom is -0.493 e. The van der Waals surface area contributed by atoms with E-state index in [1.165, 1.54) is 5.56 Å². The van der Waals surface area contributed by atoms with Gasteiger partial charge in [-0.1, -0.05) is 41.1 Å². The first-order chi connectivity index (χ1) is 15.1. The highest BCUT2D eigenvalue weighted by Crippen LogP contribution is 2.28. The van der Waals surface area contributed by atoms with Gasteiger partial charge in [0, 0.05) is 6.54 Å². The summed E-state index contributed by atoms with van der Waals surface area (Å²) < 4.78 is 18.3. The van der Waals surface area contributed by atoms with Crippen LogP contribution < -0.4 is 14.8 Å². The highest BCUT2D eigenvalue weighted by Gasteiger charge is 2.27. The Bertz CT molecular complexity index is 1060. The van der Waals surface area contributed by atoms with Crippen molar-refractivity contribution in [1.82, 2.24) is 20.3 Å². The predicted molar refractivity (Wildman–Crippen MR) is 114 cm³/mol. The molecule has 0 fully saturated rings. The van der Waals surface area contributed by atoms with Crippen LogP contribution in [0.2, 0.25) is 0 Å². The number of ether oxygens (including phenoxy) is 3. The van der Waals surface area contributed by atoms with Gasteiger partial charge in [-0.15, -0.1) is 5.10 Å². The van der Waals surface area contributed by atoms with Crippen LogP contribution in [0.4, 0.5) is 0 Å². The summed E-state index contributed by atoms with van der Waals surface area (Å²) in [5.74, 6) is 1.09. The Morgan fingerprint density at radius 3 is 2.68 bits per heavy atom. The summed E-state index contributed by atoms with van der Waals surface area (Å²) in [5.41, 5.74) is 4.34. The average Bonchev–Trinajstić information content (AvgIpc) is 3.22. The lowest BCUT2D eigenvalue weighted by atomic mass is 10.1. The maximum atomic E-state index is 12.7.